The summed E-state index contributed by atoms with van der Waals surface area (Å²) in [5.74, 6) is 0.0474. The molecule has 0 amide bonds. The van der Waals surface area contributed by atoms with Crippen molar-refractivity contribution in [2.45, 2.75) is 99.3 Å². The Morgan fingerprint density at radius 2 is 1.79 bits per heavy atom. The highest BCUT2D eigenvalue weighted by Crippen LogP contribution is 2.62. The molecular weight excluding hydrogens is 507 g/mol. The third kappa shape index (κ3) is 6.91. The number of rotatable bonds is 11. The average molecular weight is 545 g/mol. The van der Waals surface area contributed by atoms with Gasteiger partial charge in [0.15, 0.2) is 9.84 Å². The fraction of sp³-hybridized carbons (Fsp3) is 0.708. The molecule has 0 radical (unpaired) electrons. The van der Waals surface area contributed by atoms with E-state index in [0.717, 1.165) is 25.7 Å². The molecule has 2 fully saturated rings. The fourth-order valence-electron chi connectivity index (χ4n) is 4.72. The van der Waals surface area contributed by atoms with E-state index in [1.165, 1.54) is 6.42 Å². The zero-order valence-electron chi connectivity index (χ0n) is 20.6. The zero-order valence-corrected chi connectivity index (χ0v) is 23.9. The maximum absolute atomic E-state index is 13.3. The maximum atomic E-state index is 13.3. The third-order valence-electron chi connectivity index (χ3n) is 6.25. The number of nitriles is 1. The van der Waals surface area contributed by atoms with E-state index in [1.54, 1.807) is 35.1 Å². The topological polar surface area (TPSA) is 79.6 Å². The first-order chi connectivity index (χ1) is 16.2. The first kappa shape index (κ1) is 28.2. The second-order valence-electron chi connectivity index (χ2n) is 9.51. The Hall–Kier alpha value is -0.330. The highest BCUT2D eigenvalue weighted by Gasteiger charge is 2.54. The molecule has 1 aromatic carbocycles. The predicted octanol–water partition coefficient (Wildman–Crippen LogP) is 6.59. The van der Waals surface area contributed by atoms with Gasteiger partial charge in [-0.15, -0.1) is 0 Å². The highest BCUT2D eigenvalue weighted by molar-refractivity contribution is 8.78. The molecule has 1 aliphatic heterocycles. The van der Waals surface area contributed by atoms with Crippen molar-refractivity contribution in [3.05, 3.63) is 30.3 Å². The van der Waals surface area contributed by atoms with E-state index in [1.807, 2.05) is 16.9 Å². The summed E-state index contributed by atoms with van der Waals surface area (Å²) in [4.78, 5) is 0.363. The van der Waals surface area contributed by atoms with Gasteiger partial charge in [-0.05, 0) is 52.7 Å². The standard InChI is InChI=1S/C24H37N2O4PS3/c1-19(2)26(20(3)4)31(29-17-11-16-25)30-23-22(32-33-24(23)14-9-6-10-15-24)18-34(27,28)21-12-7-5-8-13-21/h5,7-8,12-13,19-20,22-23H,6,9-11,14-15,17-18H2,1-4H3. The molecule has 1 aromatic rings. The van der Waals surface area contributed by atoms with Gasteiger partial charge in [0.1, 0.15) is 0 Å². The predicted molar refractivity (Wildman–Crippen MR) is 143 cm³/mol. The summed E-state index contributed by atoms with van der Waals surface area (Å²) in [6, 6.07) is 11.3. The van der Waals surface area contributed by atoms with Gasteiger partial charge in [-0.3, -0.25) is 0 Å². The second-order valence-corrected chi connectivity index (χ2v) is 15.8. The van der Waals surface area contributed by atoms with Crippen LogP contribution >= 0.6 is 30.1 Å². The molecule has 1 saturated heterocycles. The molecule has 6 nitrogen and oxygen atoms in total. The molecule has 2 aliphatic rings. The molecule has 190 valence electrons. The van der Waals surface area contributed by atoms with E-state index in [2.05, 4.69) is 38.4 Å². The van der Waals surface area contributed by atoms with E-state index in [0.29, 0.717) is 17.9 Å². The van der Waals surface area contributed by atoms with E-state index >= 15 is 0 Å². The molecular formula is C24H37N2O4PS3. The first-order valence-electron chi connectivity index (χ1n) is 12.1. The summed E-state index contributed by atoms with van der Waals surface area (Å²) in [6.07, 6.45) is 5.62. The second kappa shape index (κ2) is 12.8. The van der Waals surface area contributed by atoms with Crippen LogP contribution < -0.4 is 0 Å². The number of benzene rings is 1. The van der Waals surface area contributed by atoms with Crippen molar-refractivity contribution in [1.82, 2.24) is 4.67 Å². The number of sulfone groups is 1. The maximum Gasteiger partial charge on any atom is 0.259 e. The van der Waals surface area contributed by atoms with Gasteiger partial charge in [0, 0.05) is 12.1 Å². The molecule has 10 heteroatoms. The lowest BCUT2D eigenvalue weighted by molar-refractivity contribution is 0.0966. The van der Waals surface area contributed by atoms with Crippen LogP contribution in [0.1, 0.15) is 66.2 Å². The van der Waals surface area contributed by atoms with Crippen LogP contribution in [-0.4, -0.2) is 53.6 Å². The average Bonchev–Trinajstić information content (AvgIpc) is 3.10. The summed E-state index contributed by atoms with van der Waals surface area (Å²) in [6.45, 7) is 8.80. The molecule has 3 unspecified atom stereocenters. The van der Waals surface area contributed by atoms with Crippen LogP contribution in [0.5, 0.6) is 0 Å². The molecule has 1 aliphatic carbocycles. The minimum atomic E-state index is -3.45. The van der Waals surface area contributed by atoms with Gasteiger partial charge in [-0.25, -0.2) is 13.1 Å². The van der Waals surface area contributed by atoms with Gasteiger partial charge >= 0.3 is 0 Å². The van der Waals surface area contributed by atoms with Crippen molar-refractivity contribution < 1.29 is 17.5 Å². The summed E-state index contributed by atoms with van der Waals surface area (Å²) in [5.41, 5.74) is 0. The van der Waals surface area contributed by atoms with Crippen molar-refractivity contribution in [1.29, 1.82) is 5.26 Å². The van der Waals surface area contributed by atoms with Crippen molar-refractivity contribution in [2.24, 2.45) is 0 Å². The molecule has 3 atom stereocenters. The minimum absolute atomic E-state index is 0.0474. The minimum Gasteiger partial charge on any atom is -0.321 e. The van der Waals surface area contributed by atoms with Crippen molar-refractivity contribution in [2.75, 3.05) is 12.4 Å². The smallest absolute Gasteiger partial charge is 0.259 e. The summed E-state index contributed by atoms with van der Waals surface area (Å²) in [5, 5.41) is 8.86. The quantitative estimate of drug-likeness (QED) is 0.175. The van der Waals surface area contributed by atoms with Crippen molar-refractivity contribution in [3.8, 4) is 6.07 Å². The van der Waals surface area contributed by atoms with Crippen LogP contribution in [0.2, 0.25) is 0 Å². The fourth-order valence-corrected chi connectivity index (χ4v) is 13.0. The lowest BCUT2D eigenvalue weighted by atomic mass is 9.83. The Morgan fingerprint density at radius 1 is 1.15 bits per heavy atom. The summed E-state index contributed by atoms with van der Waals surface area (Å²) < 4.78 is 41.8. The summed E-state index contributed by atoms with van der Waals surface area (Å²) in [7, 11) is -1.38. The molecule has 0 bridgehead atoms. The van der Waals surface area contributed by atoms with E-state index in [9.17, 15) is 8.42 Å². The Morgan fingerprint density at radius 3 is 2.38 bits per heavy atom. The number of hydrogen-bond acceptors (Lipinski definition) is 8. The molecule has 0 aromatic heterocycles. The third-order valence-corrected chi connectivity index (χ3v) is 14.1. The van der Waals surface area contributed by atoms with Crippen LogP contribution in [0.25, 0.3) is 0 Å². The van der Waals surface area contributed by atoms with E-state index < -0.39 is 18.4 Å². The van der Waals surface area contributed by atoms with Crippen LogP contribution in [0.3, 0.4) is 0 Å². The molecule has 1 saturated carbocycles. The van der Waals surface area contributed by atoms with Gasteiger partial charge in [-0.1, -0.05) is 59.0 Å². The molecule has 0 N–H and O–H groups in total. The van der Waals surface area contributed by atoms with Gasteiger partial charge < -0.3 is 9.05 Å². The van der Waals surface area contributed by atoms with E-state index in [-0.39, 0.29) is 33.9 Å². The zero-order chi connectivity index (χ0) is 24.8. The Balaban J connectivity index is 1.90. The highest BCUT2D eigenvalue weighted by atomic mass is 33.1. The lowest BCUT2D eigenvalue weighted by Crippen LogP contribution is -2.46. The molecule has 1 spiro atoms. The van der Waals surface area contributed by atoms with Crippen LogP contribution in [0.15, 0.2) is 35.2 Å². The molecule has 34 heavy (non-hydrogen) atoms. The lowest BCUT2D eigenvalue weighted by Gasteiger charge is -2.42. The molecule has 3 rings (SSSR count). The normalized spacial score (nSPS) is 23.6. The number of nitrogens with zero attached hydrogens (tertiary/aromatic N) is 2. The van der Waals surface area contributed by atoms with Crippen molar-refractivity contribution >= 4 is 40.0 Å². The number of hydrogen-bond donors (Lipinski definition) is 0. The van der Waals surface area contributed by atoms with Crippen LogP contribution in [0, 0.1) is 11.3 Å². The summed E-state index contributed by atoms with van der Waals surface area (Å²) >= 11 is 0. The Labute approximate surface area is 214 Å². The molecule has 1 heterocycles. The first-order valence-corrected chi connectivity index (χ1v) is 17.1. The Kier molecular flexibility index (Phi) is 10.6. The van der Waals surface area contributed by atoms with Gasteiger partial charge in [-0.2, -0.15) is 5.26 Å². The largest absolute Gasteiger partial charge is 0.321 e. The monoisotopic (exact) mass is 544 g/mol. The van der Waals surface area contributed by atoms with Gasteiger partial charge in [0.05, 0.1) is 45.8 Å². The SMILES string of the molecule is CC(C)N(C(C)C)P(OCCC#N)OC1C(CS(=O)(=O)c2ccccc2)SSC12CCCCC2. The van der Waals surface area contributed by atoms with Gasteiger partial charge in [0.25, 0.3) is 8.53 Å². The van der Waals surface area contributed by atoms with Crippen LogP contribution in [0.4, 0.5) is 0 Å². The van der Waals surface area contributed by atoms with E-state index in [4.69, 9.17) is 14.3 Å². The van der Waals surface area contributed by atoms with Crippen LogP contribution in [-0.2, 0) is 18.9 Å². The van der Waals surface area contributed by atoms with Gasteiger partial charge in [0.2, 0.25) is 0 Å². The Bertz CT molecular complexity index is 910. The van der Waals surface area contributed by atoms with Crippen molar-refractivity contribution in [3.63, 3.8) is 0 Å².